The fourth-order valence-corrected chi connectivity index (χ4v) is 2.26. The minimum absolute atomic E-state index is 0.167. The van der Waals surface area contributed by atoms with E-state index >= 15 is 0 Å². The first-order valence-corrected chi connectivity index (χ1v) is 7.81. The molecule has 116 valence electrons. The first kappa shape index (κ1) is 16.4. The molecule has 1 heterocycles. The Kier molecular flexibility index (Phi) is 5.90. The van der Waals surface area contributed by atoms with Gasteiger partial charge in [-0.2, -0.15) is 0 Å². The second kappa shape index (κ2) is 7.90. The lowest BCUT2D eigenvalue weighted by Gasteiger charge is -2.06. The Balaban J connectivity index is 2.05. The van der Waals surface area contributed by atoms with Crippen molar-refractivity contribution in [3.8, 4) is 11.3 Å². The maximum atomic E-state index is 10.7. The van der Waals surface area contributed by atoms with E-state index in [1.807, 2.05) is 12.1 Å². The normalized spacial score (nSPS) is 12.1. The van der Waals surface area contributed by atoms with E-state index in [2.05, 4.69) is 29.0 Å². The molecule has 0 saturated carbocycles. The fraction of sp³-hybridized carbons (Fsp3) is 0.353. The number of alkyl halides is 1. The second-order valence-corrected chi connectivity index (χ2v) is 5.73. The van der Waals surface area contributed by atoms with Gasteiger partial charge in [-0.15, -0.1) is 11.6 Å². The smallest absolute Gasteiger partial charge is 0.322 e. The quantitative estimate of drug-likeness (QED) is 0.790. The van der Waals surface area contributed by atoms with Crippen molar-refractivity contribution in [2.45, 2.75) is 38.0 Å². The molecular weight excluding hydrogens is 300 g/mol. The number of hydrogen-bond acceptors (Lipinski definition) is 3. The number of hydrogen-bond donors (Lipinski definition) is 1. The highest BCUT2D eigenvalue weighted by Crippen LogP contribution is 2.18. The van der Waals surface area contributed by atoms with Crippen molar-refractivity contribution in [3.05, 3.63) is 47.9 Å². The Morgan fingerprint density at radius 3 is 2.50 bits per heavy atom. The maximum absolute atomic E-state index is 10.7. The lowest BCUT2D eigenvalue weighted by Crippen LogP contribution is -2.16. The number of unbranched alkanes of at least 4 members (excludes halogenated alkanes) is 1. The third kappa shape index (κ3) is 4.53. The van der Waals surface area contributed by atoms with Crippen molar-refractivity contribution in [1.82, 2.24) is 9.97 Å². The standard InChI is InChI=1S/C17H19ClN2O2/c1-2-3-4-12-5-7-13(8-6-12)16-11-19-14(10-20-16)9-15(18)17(21)22/h5-8,10-11,15H,2-4,9H2,1H3,(H,21,22)/t15-/m1/s1. The predicted octanol–water partition coefficient (Wildman–Crippen LogP) is 3.72. The zero-order chi connectivity index (χ0) is 15.9. The third-order valence-corrected chi connectivity index (χ3v) is 3.77. The van der Waals surface area contributed by atoms with E-state index in [0.29, 0.717) is 5.69 Å². The van der Waals surface area contributed by atoms with Crippen molar-refractivity contribution in [2.75, 3.05) is 0 Å². The van der Waals surface area contributed by atoms with Crippen LogP contribution in [-0.2, 0) is 17.6 Å². The SMILES string of the molecule is CCCCc1ccc(-c2cnc(C[C@@H](Cl)C(=O)O)cn2)cc1. The van der Waals surface area contributed by atoms with Gasteiger partial charge in [-0.05, 0) is 18.4 Å². The summed E-state index contributed by atoms with van der Waals surface area (Å²) >= 11 is 5.70. The van der Waals surface area contributed by atoms with Crippen LogP contribution in [0.2, 0.25) is 0 Å². The van der Waals surface area contributed by atoms with Crippen molar-refractivity contribution in [3.63, 3.8) is 0 Å². The van der Waals surface area contributed by atoms with Gasteiger partial charge in [0.15, 0.2) is 0 Å². The van der Waals surface area contributed by atoms with Gasteiger partial charge in [-0.3, -0.25) is 14.8 Å². The average molecular weight is 319 g/mol. The molecule has 0 radical (unpaired) electrons. The van der Waals surface area contributed by atoms with Crippen LogP contribution in [0.25, 0.3) is 11.3 Å². The van der Waals surface area contributed by atoms with E-state index in [1.165, 1.54) is 18.4 Å². The van der Waals surface area contributed by atoms with Gasteiger partial charge in [0.2, 0.25) is 0 Å². The Labute approximate surface area is 135 Å². The number of aliphatic carboxylic acids is 1. The Morgan fingerprint density at radius 2 is 1.95 bits per heavy atom. The molecule has 0 aliphatic rings. The van der Waals surface area contributed by atoms with Gasteiger partial charge in [0.25, 0.3) is 0 Å². The maximum Gasteiger partial charge on any atom is 0.322 e. The minimum atomic E-state index is -1.05. The molecule has 1 atom stereocenters. The summed E-state index contributed by atoms with van der Waals surface area (Å²) in [6.45, 7) is 2.18. The van der Waals surface area contributed by atoms with E-state index < -0.39 is 11.3 Å². The number of nitrogens with zero attached hydrogens (tertiary/aromatic N) is 2. The molecule has 22 heavy (non-hydrogen) atoms. The van der Waals surface area contributed by atoms with Gasteiger partial charge >= 0.3 is 5.97 Å². The Bertz CT molecular complexity index is 612. The van der Waals surface area contributed by atoms with Crippen LogP contribution in [0.4, 0.5) is 0 Å². The molecule has 2 rings (SSSR count). The van der Waals surface area contributed by atoms with Gasteiger partial charge in [0, 0.05) is 18.2 Å². The number of aryl methyl sites for hydroxylation is 1. The summed E-state index contributed by atoms with van der Waals surface area (Å²) in [5.41, 5.74) is 3.67. The summed E-state index contributed by atoms with van der Waals surface area (Å²) in [6.07, 6.45) is 6.87. The zero-order valence-electron chi connectivity index (χ0n) is 12.5. The molecule has 0 fully saturated rings. The number of aromatic nitrogens is 2. The monoisotopic (exact) mass is 318 g/mol. The van der Waals surface area contributed by atoms with Gasteiger partial charge in [0.05, 0.1) is 17.6 Å². The summed E-state index contributed by atoms with van der Waals surface area (Å²) in [7, 11) is 0. The minimum Gasteiger partial charge on any atom is -0.480 e. The molecule has 0 aliphatic heterocycles. The van der Waals surface area contributed by atoms with Crippen LogP contribution in [0.15, 0.2) is 36.7 Å². The van der Waals surface area contributed by atoms with E-state index in [1.54, 1.807) is 12.4 Å². The third-order valence-electron chi connectivity index (χ3n) is 3.43. The number of benzene rings is 1. The van der Waals surface area contributed by atoms with Gasteiger partial charge in [-0.25, -0.2) is 0 Å². The molecule has 0 saturated heterocycles. The molecular formula is C17H19ClN2O2. The zero-order valence-corrected chi connectivity index (χ0v) is 13.3. The lowest BCUT2D eigenvalue weighted by atomic mass is 10.1. The summed E-state index contributed by atoms with van der Waals surface area (Å²) in [4.78, 5) is 19.3. The van der Waals surface area contributed by atoms with E-state index in [-0.39, 0.29) is 6.42 Å². The number of rotatable bonds is 7. The number of halogens is 1. The van der Waals surface area contributed by atoms with Crippen LogP contribution >= 0.6 is 11.6 Å². The average Bonchev–Trinajstić information content (AvgIpc) is 2.54. The van der Waals surface area contributed by atoms with Crippen LogP contribution < -0.4 is 0 Å². The van der Waals surface area contributed by atoms with Crippen molar-refractivity contribution in [1.29, 1.82) is 0 Å². The van der Waals surface area contributed by atoms with E-state index in [4.69, 9.17) is 16.7 Å². The molecule has 1 N–H and O–H groups in total. The summed E-state index contributed by atoms with van der Waals surface area (Å²) in [5, 5.41) is 7.81. The Morgan fingerprint density at radius 1 is 1.23 bits per heavy atom. The molecule has 0 aliphatic carbocycles. The topological polar surface area (TPSA) is 63.1 Å². The number of carboxylic acid groups (broad SMARTS) is 1. The molecule has 0 spiro atoms. The lowest BCUT2D eigenvalue weighted by molar-refractivity contribution is -0.136. The summed E-state index contributed by atoms with van der Waals surface area (Å²) < 4.78 is 0. The molecule has 0 amide bonds. The first-order valence-electron chi connectivity index (χ1n) is 7.37. The molecule has 1 aromatic heterocycles. The number of carbonyl (C=O) groups is 1. The highest BCUT2D eigenvalue weighted by molar-refractivity contribution is 6.29. The van der Waals surface area contributed by atoms with Gasteiger partial charge in [0.1, 0.15) is 5.38 Å². The highest BCUT2D eigenvalue weighted by atomic mass is 35.5. The molecule has 1 aromatic carbocycles. The van der Waals surface area contributed by atoms with Crippen LogP contribution in [0.3, 0.4) is 0 Å². The molecule has 0 unspecified atom stereocenters. The second-order valence-electron chi connectivity index (χ2n) is 5.20. The summed E-state index contributed by atoms with van der Waals surface area (Å²) in [6, 6.07) is 8.30. The van der Waals surface area contributed by atoms with Crippen molar-refractivity contribution >= 4 is 17.6 Å². The van der Waals surface area contributed by atoms with E-state index in [0.717, 1.165) is 17.7 Å². The summed E-state index contributed by atoms with van der Waals surface area (Å²) in [5.74, 6) is -1.05. The molecule has 0 bridgehead atoms. The highest BCUT2D eigenvalue weighted by Gasteiger charge is 2.15. The van der Waals surface area contributed by atoms with Gasteiger partial charge in [-0.1, -0.05) is 37.6 Å². The van der Waals surface area contributed by atoms with Crippen molar-refractivity contribution < 1.29 is 9.90 Å². The largest absolute Gasteiger partial charge is 0.480 e. The fourth-order valence-electron chi connectivity index (χ4n) is 2.10. The van der Waals surface area contributed by atoms with Crippen LogP contribution in [0.1, 0.15) is 31.0 Å². The Hall–Kier alpha value is -1.94. The van der Waals surface area contributed by atoms with Crippen LogP contribution in [0.5, 0.6) is 0 Å². The molecule has 2 aromatic rings. The van der Waals surface area contributed by atoms with Crippen molar-refractivity contribution in [2.24, 2.45) is 0 Å². The van der Waals surface area contributed by atoms with Crippen LogP contribution in [-0.4, -0.2) is 26.4 Å². The number of carboxylic acids is 1. The van der Waals surface area contributed by atoms with Gasteiger partial charge < -0.3 is 5.11 Å². The molecule has 5 heteroatoms. The van der Waals surface area contributed by atoms with Crippen LogP contribution in [0, 0.1) is 0 Å². The van der Waals surface area contributed by atoms with E-state index in [9.17, 15) is 4.79 Å². The predicted molar refractivity (Wildman–Crippen MR) is 87.1 cm³/mol. The molecule has 4 nitrogen and oxygen atoms in total. The first-order chi connectivity index (χ1) is 10.6.